The van der Waals surface area contributed by atoms with Gasteiger partial charge in [-0.05, 0) is 56.7 Å². The first kappa shape index (κ1) is 22.4. The first-order valence-corrected chi connectivity index (χ1v) is 10.2. The number of nitrogens with zero attached hydrogens (tertiary/aromatic N) is 2. The van der Waals surface area contributed by atoms with Crippen LogP contribution in [0.5, 0.6) is 0 Å². The molecular weight excluding hydrogens is 451 g/mol. The van der Waals surface area contributed by atoms with E-state index in [-0.39, 0.29) is 24.0 Å². The molecule has 27 heavy (non-hydrogen) atoms. The van der Waals surface area contributed by atoms with Crippen molar-refractivity contribution in [3.8, 4) is 0 Å². The number of nitrogens with one attached hydrogen (secondary N) is 2. The number of halogens is 1. The zero-order chi connectivity index (χ0) is 18.4. The summed E-state index contributed by atoms with van der Waals surface area (Å²) in [5.41, 5.74) is 1.47. The van der Waals surface area contributed by atoms with E-state index < -0.39 is 5.60 Å². The van der Waals surface area contributed by atoms with E-state index in [0.717, 1.165) is 56.8 Å². The Morgan fingerprint density at radius 3 is 2.70 bits per heavy atom. The monoisotopic (exact) mass is 486 g/mol. The highest BCUT2D eigenvalue weighted by Crippen LogP contribution is 2.36. The molecule has 1 unspecified atom stereocenters. The second kappa shape index (κ2) is 10.6. The minimum absolute atomic E-state index is 0. The average Bonchev–Trinajstić information content (AvgIpc) is 3.00. The van der Waals surface area contributed by atoms with E-state index >= 15 is 0 Å². The van der Waals surface area contributed by atoms with Crippen LogP contribution in [0.3, 0.4) is 0 Å². The number of piperidine rings is 1. The first-order chi connectivity index (χ1) is 12.6. The van der Waals surface area contributed by atoms with Gasteiger partial charge >= 0.3 is 0 Å². The van der Waals surface area contributed by atoms with Crippen LogP contribution in [0.1, 0.15) is 50.7 Å². The standard InChI is InChI=1S/C21H34N4O.HI/c1-3-13-25-14-10-18(11-15-25)24-20(22-4-2)23-16-21(26)12-9-17-7-5-6-8-19(17)21;/h5-8,18,26H,3-4,9-16H2,1-2H3,(H2,22,23,24);1H. The molecule has 1 fully saturated rings. The van der Waals surface area contributed by atoms with Crippen molar-refractivity contribution in [3.63, 3.8) is 0 Å². The summed E-state index contributed by atoms with van der Waals surface area (Å²) in [5.74, 6) is 0.833. The summed E-state index contributed by atoms with van der Waals surface area (Å²) < 4.78 is 0. The van der Waals surface area contributed by atoms with Crippen molar-refractivity contribution in [2.75, 3.05) is 32.7 Å². The fraction of sp³-hybridized carbons (Fsp3) is 0.667. The molecule has 0 amide bonds. The van der Waals surface area contributed by atoms with Crippen LogP contribution in [-0.2, 0) is 12.0 Å². The van der Waals surface area contributed by atoms with Gasteiger partial charge in [0.2, 0.25) is 0 Å². The molecule has 0 aromatic heterocycles. The molecule has 3 rings (SSSR count). The zero-order valence-corrected chi connectivity index (χ0v) is 19.0. The van der Waals surface area contributed by atoms with Gasteiger partial charge in [0.15, 0.2) is 5.96 Å². The number of fused-ring (bicyclic) bond motifs is 1. The van der Waals surface area contributed by atoms with Crippen molar-refractivity contribution >= 4 is 29.9 Å². The van der Waals surface area contributed by atoms with E-state index in [1.807, 2.05) is 18.2 Å². The van der Waals surface area contributed by atoms with E-state index in [0.29, 0.717) is 12.6 Å². The third kappa shape index (κ3) is 5.81. The van der Waals surface area contributed by atoms with Crippen LogP contribution in [0.4, 0.5) is 0 Å². The van der Waals surface area contributed by atoms with Crippen LogP contribution >= 0.6 is 24.0 Å². The number of hydrogen-bond donors (Lipinski definition) is 3. The Bertz CT molecular complexity index is 616. The maximum atomic E-state index is 11.1. The molecule has 3 N–H and O–H groups in total. The predicted molar refractivity (Wildman–Crippen MR) is 123 cm³/mol. The van der Waals surface area contributed by atoms with Gasteiger partial charge in [0.1, 0.15) is 5.60 Å². The molecule has 1 aromatic rings. The van der Waals surface area contributed by atoms with Gasteiger partial charge in [0.25, 0.3) is 0 Å². The minimum atomic E-state index is -0.830. The van der Waals surface area contributed by atoms with E-state index in [1.54, 1.807) is 0 Å². The number of guanidine groups is 1. The first-order valence-electron chi connectivity index (χ1n) is 10.2. The molecule has 5 nitrogen and oxygen atoms in total. The normalized spacial score (nSPS) is 23.6. The molecule has 152 valence electrons. The zero-order valence-electron chi connectivity index (χ0n) is 16.7. The summed E-state index contributed by atoms with van der Waals surface area (Å²) in [7, 11) is 0. The lowest BCUT2D eigenvalue weighted by Gasteiger charge is -2.33. The quantitative estimate of drug-likeness (QED) is 0.329. The minimum Gasteiger partial charge on any atom is -0.383 e. The molecule has 1 heterocycles. The van der Waals surface area contributed by atoms with Gasteiger partial charge in [-0.2, -0.15) is 0 Å². The third-order valence-electron chi connectivity index (χ3n) is 5.64. The number of aryl methyl sites for hydroxylation is 1. The Kier molecular flexibility index (Phi) is 8.82. The number of aliphatic hydroxyl groups is 1. The fourth-order valence-electron chi connectivity index (χ4n) is 4.17. The highest BCUT2D eigenvalue weighted by atomic mass is 127. The number of benzene rings is 1. The van der Waals surface area contributed by atoms with Crippen molar-refractivity contribution in [1.29, 1.82) is 0 Å². The van der Waals surface area contributed by atoms with E-state index in [1.165, 1.54) is 18.5 Å². The summed E-state index contributed by atoms with van der Waals surface area (Å²) in [4.78, 5) is 7.29. The highest BCUT2D eigenvalue weighted by molar-refractivity contribution is 14.0. The van der Waals surface area contributed by atoms with Gasteiger partial charge in [-0.15, -0.1) is 24.0 Å². The van der Waals surface area contributed by atoms with E-state index in [4.69, 9.17) is 4.99 Å². The SMILES string of the molecule is CCCN1CCC(NC(=NCC2(O)CCc3ccccc32)NCC)CC1.I. The largest absolute Gasteiger partial charge is 0.383 e. The molecule has 0 saturated carbocycles. The van der Waals surface area contributed by atoms with Crippen molar-refractivity contribution in [2.24, 2.45) is 4.99 Å². The molecule has 0 spiro atoms. The molecule has 1 aromatic carbocycles. The lowest BCUT2D eigenvalue weighted by molar-refractivity contribution is 0.0485. The van der Waals surface area contributed by atoms with Crippen LogP contribution in [0, 0.1) is 0 Å². The van der Waals surface area contributed by atoms with Crippen LogP contribution in [0.25, 0.3) is 0 Å². The van der Waals surface area contributed by atoms with Crippen LogP contribution in [0.15, 0.2) is 29.3 Å². The van der Waals surface area contributed by atoms with Gasteiger partial charge < -0.3 is 20.6 Å². The Balaban J connectivity index is 0.00000261. The molecule has 0 radical (unpaired) electrons. The number of aliphatic imine (C=N–C) groups is 1. The van der Waals surface area contributed by atoms with E-state index in [2.05, 4.69) is 35.4 Å². The summed E-state index contributed by atoms with van der Waals surface area (Å²) >= 11 is 0. The summed E-state index contributed by atoms with van der Waals surface area (Å²) in [5, 5.41) is 18.0. The molecule has 1 aliphatic heterocycles. The molecule has 2 aliphatic rings. The smallest absolute Gasteiger partial charge is 0.191 e. The maximum absolute atomic E-state index is 11.1. The maximum Gasteiger partial charge on any atom is 0.191 e. The van der Waals surface area contributed by atoms with Crippen molar-refractivity contribution < 1.29 is 5.11 Å². The molecular formula is C21H35IN4O. The van der Waals surface area contributed by atoms with Crippen molar-refractivity contribution in [2.45, 2.75) is 57.6 Å². The summed E-state index contributed by atoms with van der Waals surface area (Å²) in [6, 6.07) is 8.68. The molecule has 1 aliphatic carbocycles. The fourth-order valence-corrected chi connectivity index (χ4v) is 4.17. The molecule has 1 atom stereocenters. The topological polar surface area (TPSA) is 59.9 Å². The average molecular weight is 486 g/mol. The Labute approximate surface area is 181 Å². The Morgan fingerprint density at radius 1 is 1.26 bits per heavy atom. The molecule has 6 heteroatoms. The van der Waals surface area contributed by atoms with Gasteiger partial charge in [-0.1, -0.05) is 31.2 Å². The summed E-state index contributed by atoms with van der Waals surface area (Å²) in [6.07, 6.45) is 5.21. The van der Waals surface area contributed by atoms with Crippen molar-refractivity contribution in [3.05, 3.63) is 35.4 Å². The molecule has 1 saturated heterocycles. The highest BCUT2D eigenvalue weighted by Gasteiger charge is 2.36. The number of rotatable bonds is 6. The number of hydrogen-bond acceptors (Lipinski definition) is 3. The lowest BCUT2D eigenvalue weighted by atomic mass is 9.96. The van der Waals surface area contributed by atoms with Crippen LogP contribution in [-0.4, -0.2) is 54.7 Å². The summed E-state index contributed by atoms with van der Waals surface area (Å²) in [6.45, 7) is 9.08. The second-order valence-electron chi connectivity index (χ2n) is 7.64. The van der Waals surface area contributed by atoms with Gasteiger partial charge in [-0.25, -0.2) is 4.99 Å². The second-order valence-corrected chi connectivity index (χ2v) is 7.64. The van der Waals surface area contributed by atoms with Crippen LogP contribution < -0.4 is 10.6 Å². The third-order valence-corrected chi connectivity index (χ3v) is 5.64. The van der Waals surface area contributed by atoms with Crippen LogP contribution in [0.2, 0.25) is 0 Å². The lowest BCUT2D eigenvalue weighted by Crippen LogP contribution is -2.49. The molecule has 0 bridgehead atoms. The van der Waals surface area contributed by atoms with E-state index in [9.17, 15) is 5.11 Å². The van der Waals surface area contributed by atoms with Crippen molar-refractivity contribution in [1.82, 2.24) is 15.5 Å². The Morgan fingerprint density at radius 2 is 2.00 bits per heavy atom. The predicted octanol–water partition coefficient (Wildman–Crippen LogP) is 2.87. The Hall–Kier alpha value is -0.860. The number of likely N-dealkylation sites (tertiary alicyclic amines) is 1. The van der Waals surface area contributed by atoms with Gasteiger partial charge in [0.05, 0.1) is 6.54 Å². The van der Waals surface area contributed by atoms with Gasteiger partial charge in [0, 0.05) is 25.7 Å². The van der Waals surface area contributed by atoms with Gasteiger partial charge in [-0.3, -0.25) is 0 Å².